The average molecular weight is 497 g/mol. The second-order valence-corrected chi connectivity index (χ2v) is 13.1. The van der Waals surface area contributed by atoms with Crippen LogP contribution in [0.1, 0.15) is 45.2 Å². The number of aldehydes is 1. The van der Waals surface area contributed by atoms with E-state index in [1.807, 2.05) is 60.7 Å². The summed E-state index contributed by atoms with van der Waals surface area (Å²) in [5.41, 5.74) is 1.80. The second kappa shape index (κ2) is 14.4. The second-order valence-electron chi connectivity index (χ2n) is 8.41. The lowest BCUT2D eigenvalue weighted by atomic mass is 10.0. The van der Waals surface area contributed by atoms with Crippen LogP contribution in [0.25, 0.3) is 0 Å². The predicted octanol–water partition coefficient (Wildman–Crippen LogP) is 5.77. The Morgan fingerprint density at radius 2 is 1.26 bits per heavy atom. The largest absolute Gasteiger partial charge is 0.457 e. The summed E-state index contributed by atoms with van der Waals surface area (Å²) in [6.45, 7) is 7.84. The van der Waals surface area contributed by atoms with Gasteiger partial charge >= 0.3 is 11.9 Å². The molecule has 7 heteroatoms. The number of rotatable bonds is 14. The number of hydrogen-bond donors (Lipinski definition) is 0. The standard InChI is InChI=1S/C28H36O6Si/c1-5-35(6-2,7-3)34-25(18-19-29)26(28(31)33-21-24-16-12-9-13-17-24)22(4)27(30)32-20-23-14-10-8-11-15-23/h8-17,19,25H,5-7,18,20-21H2,1-4H3/b26-22-. The van der Waals surface area contributed by atoms with Crippen LogP contribution in [0.3, 0.4) is 0 Å². The van der Waals surface area contributed by atoms with E-state index < -0.39 is 26.4 Å². The molecule has 0 saturated carbocycles. The molecule has 2 aromatic rings. The molecule has 2 aromatic carbocycles. The number of hydrogen-bond acceptors (Lipinski definition) is 6. The summed E-state index contributed by atoms with van der Waals surface area (Å²) in [4.78, 5) is 38.0. The van der Waals surface area contributed by atoms with Crippen molar-refractivity contribution in [3.63, 3.8) is 0 Å². The minimum Gasteiger partial charge on any atom is -0.457 e. The van der Waals surface area contributed by atoms with Gasteiger partial charge in [-0.2, -0.15) is 0 Å². The molecule has 0 aliphatic rings. The molecule has 1 atom stereocenters. The van der Waals surface area contributed by atoms with E-state index >= 15 is 0 Å². The van der Waals surface area contributed by atoms with Crippen LogP contribution >= 0.6 is 0 Å². The van der Waals surface area contributed by atoms with Crippen molar-refractivity contribution in [1.29, 1.82) is 0 Å². The van der Waals surface area contributed by atoms with E-state index in [1.54, 1.807) is 0 Å². The zero-order chi connectivity index (χ0) is 25.7. The Morgan fingerprint density at radius 3 is 1.69 bits per heavy atom. The topological polar surface area (TPSA) is 78.9 Å². The van der Waals surface area contributed by atoms with Crippen molar-refractivity contribution in [1.82, 2.24) is 0 Å². The summed E-state index contributed by atoms with van der Waals surface area (Å²) in [6.07, 6.45) is -0.197. The number of benzene rings is 2. The van der Waals surface area contributed by atoms with Gasteiger partial charge in [-0.05, 0) is 36.2 Å². The normalized spacial score (nSPS) is 12.9. The van der Waals surface area contributed by atoms with Crippen molar-refractivity contribution in [2.75, 3.05) is 0 Å². The van der Waals surface area contributed by atoms with E-state index in [0.717, 1.165) is 35.5 Å². The summed E-state index contributed by atoms with van der Waals surface area (Å²) < 4.78 is 17.6. The van der Waals surface area contributed by atoms with Gasteiger partial charge < -0.3 is 18.7 Å². The van der Waals surface area contributed by atoms with Crippen LogP contribution in [-0.4, -0.2) is 32.6 Å². The molecule has 0 N–H and O–H groups in total. The quantitative estimate of drug-likeness (QED) is 0.143. The molecule has 2 rings (SSSR count). The van der Waals surface area contributed by atoms with Crippen molar-refractivity contribution in [2.24, 2.45) is 0 Å². The monoisotopic (exact) mass is 496 g/mol. The number of ether oxygens (including phenoxy) is 2. The maximum Gasteiger partial charge on any atom is 0.337 e. The lowest BCUT2D eigenvalue weighted by Gasteiger charge is -2.33. The zero-order valence-corrected chi connectivity index (χ0v) is 22.1. The molecule has 0 radical (unpaired) electrons. The Kier molecular flexibility index (Phi) is 11.6. The van der Waals surface area contributed by atoms with Gasteiger partial charge in [-0.3, -0.25) is 0 Å². The number of carbonyl (C=O) groups excluding carboxylic acids is 3. The molecule has 1 unspecified atom stereocenters. The molecule has 0 bridgehead atoms. The molecule has 6 nitrogen and oxygen atoms in total. The van der Waals surface area contributed by atoms with E-state index in [4.69, 9.17) is 13.9 Å². The number of carbonyl (C=O) groups is 3. The van der Waals surface area contributed by atoms with E-state index in [-0.39, 0.29) is 30.8 Å². The maximum atomic E-state index is 13.3. The maximum absolute atomic E-state index is 13.3. The molecule has 0 aromatic heterocycles. The molecular formula is C28H36O6Si. The molecule has 35 heavy (non-hydrogen) atoms. The Balaban J connectivity index is 2.37. The minimum absolute atomic E-state index is 0.0429. The van der Waals surface area contributed by atoms with Gasteiger partial charge in [0.15, 0.2) is 8.32 Å². The highest BCUT2D eigenvalue weighted by Crippen LogP contribution is 2.29. The summed E-state index contributed by atoms with van der Waals surface area (Å²) in [5, 5.41) is 0. The zero-order valence-electron chi connectivity index (χ0n) is 21.1. The van der Waals surface area contributed by atoms with Crippen molar-refractivity contribution in [3.05, 3.63) is 82.9 Å². The highest BCUT2D eigenvalue weighted by atomic mass is 28.4. The molecule has 0 heterocycles. The predicted molar refractivity (Wildman–Crippen MR) is 138 cm³/mol. The van der Waals surface area contributed by atoms with E-state index in [1.165, 1.54) is 6.92 Å². The molecule has 0 amide bonds. The SMILES string of the molecule is CC[Si](CC)(CC)OC(CC=O)/C(C(=O)OCc1ccccc1)=C(\C)C(=O)OCc1ccccc1. The average Bonchev–Trinajstić information content (AvgIpc) is 2.90. The van der Waals surface area contributed by atoms with Gasteiger partial charge in [0.05, 0.1) is 11.7 Å². The van der Waals surface area contributed by atoms with Crippen molar-refractivity contribution in [2.45, 2.75) is 71.6 Å². The van der Waals surface area contributed by atoms with E-state index in [0.29, 0.717) is 0 Å². The van der Waals surface area contributed by atoms with Gasteiger partial charge in [0.1, 0.15) is 19.5 Å². The summed E-state index contributed by atoms with van der Waals surface area (Å²) in [6, 6.07) is 21.1. The first-order valence-corrected chi connectivity index (χ1v) is 14.7. The third-order valence-corrected chi connectivity index (χ3v) is 11.0. The van der Waals surface area contributed by atoms with Crippen LogP contribution in [0.2, 0.25) is 18.1 Å². The lowest BCUT2D eigenvalue weighted by Crippen LogP contribution is -2.42. The van der Waals surface area contributed by atoms with E-state index in [2.05, 4.69) is 20.8 Å². The van der Waals surface area contributed by atoms with Crippen LogP contribution in [0, 0.1) is 0 Å². The van der Waals surface area contributed by atoms with Crippen molar-refractivity contribution >= 4 is 26.5 Å². The molecule has 0 aliphatic heterocycles. The minimum atomic E-state index is -2.22. The highest BCUT2D eigenvalue weighted by molar-refractivity contribution is 6.73. The highest BCUT2D eigenvalue weighted by Gasteiger charge is 2.37. The summed E-state index contributed by atoms with van der Waals surface area (Å²) in [5.74, 6) is -1.32. The van der Waals surface area contributed by atoms with Gasteiger partial charge in [-0.25, -0.2) is 9.59 Å². The third-order valence-electron chi connectivity index (χ3n) is 6.31. The summed E-state index contributed by atoms with van der Waals surface area (Å²) in [7, 11) is -2.22. The van der Waals surface area contributed by atoms with Crippen LogP contribution in [0.5, 0.6) is 0 Å². The smallest absolute Gasteiger partial charge is 0.337 e. The van der Waals surface area contributed by atoms with E-state index in [9.17, 15) is 14.4 Å². The molecule has 0 aliphatic carbocycles. The fourth-order valence-corrected chi connectivity index (χ4v) is 6.70. The first kappa shape index (κ1) is 28.2. The van der Waals surface area contributed by atoms with Gasteiger partial charge in [-0.15, -0.1) is 0 Å². The fraction of sp³-hybridized carbons (Fsp3) is 0.393. The van der Waals surface area contributed by atoms with Crippen LogP contribution in [-0.2, 0) is 41.5 Å². The molecular weight excluding hydrogens is 460 g/mol. The van der Waals surface area contributed by atoms with Gasteiger partial charge in [0.25, 0.3) is 0 Å². The Bertz CT molecular complexity index is 975. The number of esters is 2. The molecule has 0 spiro atoms. The molecule has 188 valence electrons. The van der Waals surface area contributed by atoms with Crippen LogP contribution < -0.4 is 0 Å². The fourth-order valence-electron chi connectivity index (χ4n) is 3.88. The van der Waals surface area contributed by atoms with Gasteiger partial charge in [0, 0.05) is 12.0 Å². The van der Waals surface area contributed by atoms with Crippen molar-refractivity contribution < 1.29 is 28.3 Å². The Hall–Kier alpha value is -3.03. The molecule has 0 fully saturated rings. The van der Waals surface area contributed by atoms with Crippen LogP contribution in [0.4, 0.5) is 0 Å². The lowest BCUT2D eigenvalue weighted by molar-refractivity contribution is -0.144. The van der Waals surface area contributed by atoms with Gasteiger partial charge in [0.2, 0.25) is 0 Å². The summed E-state index contributed by atoms with van der Waals surface area (Å²) >= 11 is 0. The van der Waals surface area contributed by atoms with Crippen molar-refractivity contribution in [3.8, 4) is 0 Å². The Morgan fingerprint density at radius 1 is 0.800 bits per heavy atom. The first-order chi connectivity index (χ1) is 16.9. The third kappa shape index (κ3) is 8.30. The molecule has 0 saturated heterocycles. The van der Waals surface area contributed by atoms with Crippen LogP contribution in [0.15, 0.2) is 71.8 Å². The van der Waals surface area contributed by atoms with Gasteiger partial charge in [-0.1, -0.05) is 81.4 Å². The Labute approximate surface area is 209 Å². The first-order valence-electron chi connectivity index (χ1n) is 12.1.